The molecule has 1 unspecified atom stereocenters. The third kappa shape index (κ3) is 3.85. The average Bonchev–Trinajstić information content (AvgIpc) is 2.45. The van der Waals surface area contributed by atoms with Crippen LogP contribution in [-0.2, 0) is 4.74 Å². The van der Waals surface area contributed by atoms with Crippen molar-refractivity contribution in [3.05, 3.63) is 23.8 Å². The van der Waals surface area contributed by atoms with Gasteiger partial charge >= 0.3 is 0 Å². The van der Waals surface area contributed by atoms with Gasteiger partial charge in [-0.3, -0.25) is 0 Å². The first-order valence-electron chi connectivity index (χ1n) is 6.95. The molecule has 0 radical (unpaired) electrons. The second kappa shape index (κ2) is 6.78. The second-order valence-electron chi connectivity index (χ2n) is 5.19. The van der Waals surface area contributed by atoms with E-state index in [0.29, 0.717) is 5.92 Å². The third-order valence-corrected chi connectivity index (χ3v) is 3.41. The molecule has 0 aliphatic carbocycles. The Morgan fingerprint density at radius 2 is 2.32 bits per heavy atom. The maximum absolute atomic E-state index is 5.69. The predicted molar refractivity (Wildman–Crippen MR) is 78.2 cm³/mol. The van der Waals surface area contributed by atoms with E-state index in [4.69, 9.17) is 9.47 Å². The Bertz CT molecular complexity index is 401. The highest BCUT2D eigenvalue weighted by Gasteiger charge is 2.14. The molecule has 4 nitrogen and oxygen atoms in total. The van der Waals surface area contributed by atoms with Crippen molar-refractivity contribution in [3.63, 3.8) is 0 Å². The minimum atomic E-state index is 0.223. The van der Waals surface area contributed by atoms with Crippen LogP contribution >= 0.6 is 0 Å². The predicted octanol–water partition coefficient (Wildman–Crippen LogP) is 2.22. The van der Waals surface area contributed by atoms with Gasteiger partial charge in [0.05, 0.1) is 25.5 Å². The van der Waals surface area contributed by atoms with Gasteiger partial charge in [0.15, 0.2) is 0 Å². The summed E-state index contributed by atoms with van der Waals surface area (Å²) in [5, 5.41) is 6.77. The van der Waals surface area contributed by atoms with E-state index in [2.05, 4.69) is 36.6 Å². The lowest BCUT2D eigenvalue weighted by atomic mass is 10.0. The van der Waals surface area contributed by atoms with Crippen molar-refractivity contribution < 1.29 is 9.47 Å². The number of hydrogen-bond acceptors (Lipinski definition) is 4. The van der Waals surface area contributed by atoms with Gasteiger partial charge in [0.2, 0.25) is 0 Å². The van der Waals surface area contributed by atoms with Crippen LogP contribution in [0.5, 0.6) is 5.75 Å². The van der Waals surface area contributed by atoms with Crippen molar-refractivity contribution in [3.8, 4) is 5.75 Å². The average molecular weight is 264 g/mol. The molecule has 4 heteroatoms. The Labute approximate surface area is 115 Å². The zero-order valence-electron chi connectivity index (χ0n) is 12.0. The summed E-state index contributed by atoms with van der Waals surface area (Å²) < 4.78 is 11.1. The molecule has 1 aliphatic heterocycles. The fourth-order valence-corrected chi connectivity index (χ4v) is 2.20. The molecule has 0 bridgehead atoms. The standard InChI is InChI=1S/C15H24N2O2/c1-11(2)12-4-5-15(18-3)14(8-12)17-10-13-9-16-6-7-19-13/h4-5,8,11,13,16-17H,6-7,9-10H2,1-3H3. The molecule has 1 aromatic rings. The van der Waals surface area contributed by atoms with Gasteiger partial charge in [0, 0.05) is 19.6 Å². The Balaban J connectivity index is 2.02. The van der Waals surface area contributed by atoms with Gasteiger partial charge in [-0.05, 0) is 23.6 Å². The quantitative estimate of drug-likeness (QED) is 0.856. The van der Waals surface area contributed by atoms with Crippen LogP contribution in [0.25, 0.3) is 0 Å². The molecular weight excluding hydrogens is 240 g/mol. The summed E-state index contributed by atoms with van der Waals surface area (Å²) in [6.45, 7) is 7.82. The van der Waals surface area contributed by atoms with Gasteiger partial charge in [-0.2, -0.15) is 0 Å². The highest BCUT2D eigenvalue weighted by atomic mass is 16.5. The van der Waals surface area contributed by atoms with E-state index in [0.717, 1.165) is 37.7 Å². The Morgan fingerprint density at radius 3 is 2.95 bits per heavy atom. The van der Waals surface area contributed by atoms with E-state index in [1.54, 1.807) is 7.11 Å². The number of rotatable bonds is 5. The normalized spacial score (nSPS) is 19.5. The fraction of sp³-hybridized carbons (Fsp3) is 0.600. The molecule has 0 spiro atoms. The molecule has 1 fully saturated rings. The largest absolute Gasteiger partial charge is 0.495 e. The first kappa shape index (κ1) is 14.2. The van der Waals surface area contributed by atoms with E-state index in [-0.39, 0.29) is 6.10 Å². The molecule has 1 atom stereocenters. The van der Waals surface area contributed by atoms with Crippen molar-refractivity contribution in [1.82, 2.24) is 5.32 Å². The molecule has 0 aromatic heterocycles. The minimum absolute atomic E-state index is 0.223. The van der Waals surface area contributed by atoms with Crippen LogP contribution < -0.4 is 15.4 Å². The lowest BCUT2D eigenvalue weighted by molar-refractivity contribution is 0.0372. The van der Waals surface area contributed by atoms with Gasteiger partial charge in [-0.15, -0.1) is 0 Å². The summed E-state index contributed by atoms with van der Waals surface area (Å²) in [5.41, 5.74) is 2.36. The summed E-state index contributed by atoms with van der Waals surface area (Å²) >= 11 is 0. The molecule has 2 rings (SSSR count). The van der Waals surface area contributed by atoms with Gasteiger partial charge in [0.25, 0.3) is 0 Å². The highest BCUT2D eigenvalue weighted by Crippen LogP contribution is 2.28. The van der Waals surface area contributed by atoms with Crippen LogP contribution in [0.15, 0.2) is 18.2 Å². The van der Waals surface area contributed by atoms with Crippen molar-refractivity contribution in [2.75, 3.05) is 38.7 Å². The van der Waals surface area contributed by atoms with Crippen molar-refractivity contribution in [1.29, 1.82) is 0 Å². The first-order valence-corrected chi connectivity index (χ1v) is 6.95. The number of anilines is 1. The number of ether oxygens (including phenoxy) is 2. The maximum Gasteiger partial charge on any atom is 0.141 e. The van der Waals surface area contributed by atoms with Gasteiger partial charge in [-0.25, -0.2) is 0 Å². The molecule has 1 saturated heterocycles. The number of nitrogens with one attached hydrogen (secondary N) is 2. The summed E-state index contributed by atoms with van der Waals surface area (Å²) in [6, 6.07) is 6.31. The molecule has 1 heterocycles. The minimum Gasteiger partial charge on any atom is -0.495 e. The Morgan fingerprint density at radius 1 is 1.47 bits per heavy atom. The SMILES string of the molecule is COc1ccc(C(C)C)cc1NCC1CNCCO1. The molecule has 1 aromatic carbocycles. The topological polar surface area (TPSA) is 42.5 Å². The van der Waals surface area contributed by atoms with Crippen LogP contribution in [0, 0.1) is 0 Å². The molecule has 0 saturated carbocycles. The summed E-state index contributed by atoms with van der Waals surface area (Å²) in [7, 11) is 1.70. The van der Waals surface area contributed by atoms with Gasteiger partial charge in [-0.1, -0.05) is 19.9 Å². The van der Waals surface area contributed by atoms with Crippen LogP contribution in [0.2, 0.25) is 0 Å². The molecule has 106 valence electrons. The van der Waals surface area contributed by atoms with Crippen LogP contribution in [0.1, 0.15) is 25.3 Å². The van der Waals surface area contributed by atoms with Crippen molar-refractivity contribution in [2.24, 2.45) is 0 Å². The van der Waals surface area contributed by atoms with E-state index in [1.807, 2.05) is 6.07 Å². The second-order valence-corrected chi connectivity index (χ2v) is 5.19. The molecule has 2 N–H and O–H groups in total. The van der Waals surface area contributed by atoms with E-state index < -0.39 is 0 Å². The fourth-order valence-electron chi connectivity index (χ4n) is 2.20. The van der Waals surface area contributed by atoms with Crippen molar-refractivity contribution >= 4 is 5.69 Å². The molecule has 1 aliphatic rings. The smallest absolute Gasteiger partial charge is 0.141 e. The highest BCUT2D eigenvalue weighted by molar-refractivity contribution is 5.58. The van der Waals surface area contributed by atoms with E-state index in [1.165, 1.54) is 5.56 Å². The zero-order valence-corrected chi connectivity index (χ0v) is 12.0. The van der Waals surface area contributed by atoms with Crippen LogP contribution in [0.3, 0.4) is 0 Å². The first-order chi connectivity index (χ1) is 9.20. The van der Waals surface area contributed by atoms with Gasteiger partial charge < -0.3 is 20.1 Å². The number of hydrogen-bond donors (Lipinski definition) is 2. The molecule has 0 amide bonds. The maximum atomic E-state index is 5.69. The monoisotopic (exact) mass is 264 g/mol. The molecular formula is C15H24N2O2. The number of benzene rings is 1. The summed E-state index contributed by atoms with van der Waals surface area (Å²) in [4.78, 5) is 0. The van der Waals surface area contributed by atoms with Crippen molar-refractivity contribution in [2.45, 2.75) is 25.9 Å². The van der Waals surface area contributed by atoms with Crippen LogP contribution in [-0.4, -0.2) is 39.5 Å². The van der Waals surface area contributed by atoms with Gasteiger partial charge in [0.1, 0.15) is 5.75 Å². The summed E-state index contributed by atoms with van der Waals surface area (Å²) in [6.07, 6.45) is 0.223. The third-order valence-electron chi connectivity index (χ3n) is 3.41. The Hall–Kier alpha value is -1.26. The summed E-state index contributed by atoms with van der Waals surface area (Å²) in [5.74, 6) is 1.40. The lowest BCUT2D eigenvalue weighted by Gasteiger charge is -2.24. The Kier molecular flexibility index (Phi) is 5.05. The van der Waals surface area contributed by atoms with E-state index in [9.17, 15) is 0 Å². The number of methoxy groups -OCH3 is 1. The molecule has 19 heavy (non-hydrogen) atoms. The lowest BCUT2D eigenvalue weighted by Crippen LogP contribution is -2.42. The van der Waals surface area contributed by atoms with E-state index >= 15 is 0 Å². The zero-order chi connectivity index (χ0) is 13.7. The van der Waals surface area contributed by atoms with Crippen LogP contribution in [0.4, 0.5) is 5.69 Å². The number of morpholine rings is 1.